The number of ether oxygens (including phenoxy) is 3. The fourth-order valence-electron chi connectivity index (χ4n) is 10.5. The van der Waals surface area contributed by atoms with Crippen molar-refractivity contribution in [3.8, 4) is 0 Å². The lowest BCUT2D eigenvalue weighted by Gasteiger charge is -2.62. The summed E-state index contributed by atoms with van der Waals surface area (Å²) < 4.78 is 17.6. The molecule has 8 atom stereocenters. The Morgan fingerprint density at radius 2 is 1.60 bits per heavy atom. The predicted octanol–water partition coefficient (Wildman–Crippen LogP) is 8.44. The maximum absolute atomic E-state index is 12.2. The fraction of sp³-hybridized carbons (Fsp3) is 0.886. The molecule has 0 radical (unpaired) electrons. The first kappa shape index (κ1) is 31.6. The number of methoxy groups -OCH3 is 1. The van der Waals surface area contributed by atoms with Crippen molar-refractivity contribution >= 4 is 11.9 Å². The van der Waals surface area contributed by atoms with E-state index in [0.29, 0.717) is 17.8 Å². The summed E-state index contributed by atoms with van der Waals surface area (Å²) in [6, 6.07) is 0. The van der Waals surface area contributed by atoms with Crippen molar-refractivity contribution in [3.05, 3.63) is 11.1 Å². The quantitative estimate of drug-likeness (QED) is 0.221. The summed E-state index contributed by atoms with van der Waals surface area (Å²) in [5.74, 6) is 1.02. The van der Waals surface area contributed by atoms with Crippen LogP contribution in [0, 0.1) is 39.4 Å². The number of carbonyl (C=O) groups excluding carboxylic acids is 2. The summed E-state index contributed by atoms with van der Waals surface area (Å²) in [6.45, 7) is 22.0. The van der Waals surface area contributed by atoms with Crippen LogP contribution in [0.1, 0.15) is 133 Å². The summed E-state index contributed by atoms with van der Waals surface area (Å²) in [5, 5.41) is 0. The number of fused-ring (bicyclic) bond motifs is 4. The summed E-state index contributed by atoms with van der Waals surface area (Å²) in [4.78, 5) is 24.1. The van der Waals surface area contributed by atoms with Crippen molar-refractivity contribution in [2.24, 2.45) is 39.4 Å². The zero-order valence-electron chi connectivity index (χ0n) is 27.5. The van der Waals surface area contributed by atoms with Gasteiger partial charge < -0.3 is 14.2 Å². The molecule has 4 rings (SSSR count). The van der Waals surface area contributed by atoms with Crippen molar-refractivity contribution in [2.75, 3.05) is 7.11 Å². The lowest BCUT2D eigenvalue weighted by molar-refractivity contribution is -0.167. The van der Waals surface area contributed by atoms with Crippen molar-refractivity contribution in [2.45, 2.75) is 151 Å². The molecular weight excluding hydrogens is 500 g/mol. The Hall–Kier alpha value is -1.36. The van der Waals surface area contributed by atoms with Crippen LogP contribution >= 0.6 is 0 Å². The number of carbonyl (C=O) groups is 2. The number of allylic oxidation sites excluding steroid dienone is 2. The van der Waals surface area contributed by atoms with Crippen LogP contribution < -0.4 is 0 Å². The van der Waals surface area contributed by atoms with Crippen LogP contribution in [0.25, 0.3) is 0 Å². The molecule has 0 aromatic heterocycles. The lowest BCUT2D eigenvalue weighted by atomic mass is 9.43. The van der Waals surface area contributed by atoms with Gasteiger partial charge in [-0.1, -0.05) is 52.7 Å². The van der Waals surface area contributed by atoms with Crippen LogP contribution in [0.4, 0.5) is 0 Å². The summed E-state index contributed by atoms with van der Waals surface area (Å²) >= 11 is 0. The average Bonchev–Trinajstić information content (AvgIpc) is 3.14. The zero-order chi connectivity index (χ0) is 29.9. The van der Waals surface area contributed by atoms with Crippen LogP contribution in [-0.2, 0) is 23.8 Å². The van der Waals surface area contributed by atoms with Crippen molar-refractivity contribution in [1.82, 2.24) is 0 Å². The first-order valence-corrected chi connectivity index (χ1v) is 16.1. The van der Waals surface area contributed by atoms with Crippen molar-refractivity contribution < 1.29 is 23.8 Å². The van der Waals surface area contributed by atoms with E-state index in [9.17, 15) is 9.59 Å². The highest BCUT2D eigenvalue weighted by molar-refractivity contribution is 5.66. The van der Waals surface area contributed by atoms with Crippen LogP contribution in [0.5, 0.6) is 0 Å². The van der Waals surface area contributed by atoms with E-state index in [1.54, 1.807) is 32.1 Å². The third kappa shape index (κ3) is 5.09. The number of hydrogen-bond donors (Lipinski definition) is 0. The first-order chi connectivity index (χ1) is 18.4. The third-order valence-corrected chi connectivity index (χ3v) is 13.2. The molecule has 5 heteroatoms. The Labute approximate surface area is 244 Å². The number of hydrogen-bond acceptors (Lipinski definition) is 5. The van der Waals surface area contributed by atoms with E-state index >= 15 is 0 Å². The van der Waals surface area contributed by atoms with Gasteiger partial charge in [-0.15, -0.1) is 0 Å². The smallest absolute Gasteiger partial charge is 0.302 e. The molecule has 0 aliphatic heterocycles. The van der Waals surface area contributed by atoms with E-state index in [2.05, 4.69) is 55.4 Å². The van der Waals surface area contributed by atoms with E-state index in [1.165, 1.54) is 32.1 Å². The second kappa shape index (κ2) is 10.7. The molecule has 0 bridgehead atoms. The van der Waals surface area contributed by atoms with Gasteiger partial charge >= 0.3 is 11.9 Å². The highest BCUT2D eigenvalue weighted by Gasteiger charge is 2.64. The van der Waals surface area contributed by atoms with Crippen LogP contribution in [0.15, 0.2) is 11.1 Å². The Morgan fingerprint density at radius 1 is 0.925 bits per heavy atom. The standard InChI is InChI=1S/C35H58O5/c1-22(28(39-23(2)36)16-18-31(4,5)38-11)25-14-20-35(10)27-12-13-29-32(6,7)30(40-24(3)37)17-19-33(29,8)26(27)15-21-34(25,35)9/h22,25,28-30H,12-21H2,1-11H3/t22?,25-,28-,29-,30-,33+,34+,35-/m0/s1. The minimum Gasteiger partial charge on any atom is -0.462 e. The SMILES string of the molecule is COC(C)(C)CC[C@H](OC(C)=O)C(C)[C@@H]1CC[C@@]2(C)C3=C(CC[C@]12C)[C@@]1(C)CC[C@H](OC(C)=O)C(C)(C)[C@@H]1CC3. The summed E-state index contributed by atoms with van der Waals surface area (Å²) in [6.07, 6.45) is 10.8. The maximum atomic E-state index is 12.2. The van der Waals surface area contributed by atoms with Gasteiger partial charge in [-0.2, -0.15) is 0 Å². The zero-order valence-corrected chi connectivity index (χ0v) is 27.5. The molecule has 4 aliphatic rings. The van der Waals surface area contributed by atoms with Gasteiger partial charge in [-0.25, -0.2) is 0 Å². The lowest BCUT2D eigenvalue weighted by Crippen LogP contribution is -2.56. The van der Waals surface area contributed by atoms with Gasteiger partial charge in [0.1, 0.15) is 12.2 Å². The Morgan fingerprint density at radius 3 is 2.20 bits per heavy atom. The summed E-state index contributed by atoms with van der Waals surface area (Å²) in [7, 11) is 1.76. The van der Waals surface area contributed by atoms with Gasteiger partial charge in [0.25, 0.3) is 0 Å². The summed E-state index contributed by atoms with van der Waals surface area (Å²) in [5.41, 5.74) is 3.77. The second-order valence-electron chi connectivity index (χ2n) is 15.8. The van der Waals surface area contributed by atoms with E-state index in [1.807, 2.05) is 0 Å². The number of rotatable bonds is 8. The predicted molar refractivity (Wildman–Crippen MR) is 160 cm³/mol. The van der Waals surface area contributed by atoms with E-state index < -0.39 is 0 Å². The van der Waals surface area contributed by atoms with Crippen LogP contribution in [-0.4, -0.2) is 36.9 Å². The first-order valence-electron chi connectivity index (χ1n) is 16.1. The molecule has 2 saturated carbocycles. The molecule has 0 N–H and O–H groups in total. The highest BCUT2D eigenvalue weighted by Crippen LogP contribution is 2.72. The molecule has 228 valence electrons. The van der Waals surface area contributed by atoms with Crippen molar-refractivity contribution in [3.63, 3.8) is 0 Å². The molecule has 0 amide bonds. The fourth-order valence-corrected chi connectivity index (χ4v) is 10.5. The van der Waals surface area contributed by atoms with Gasteiger partial charge in [-0.3, -0.25) is 9.59 Å². The van der Waals surface area contributed by atoms with Crippen LogP contribution in [0.2, 0.25) is 0 Å². The van der Waals surface area contributed by atoms with Gasteiger partial charge in [0, 0.05) is 26.4 Å². The van der Waals surface area contributed by atoms with Gasteiger partial charge in [0.05, 0.1) is 5.60 Å². The van der Waals surface area contributed by atoms with Gasteiger partial charge in [0.2, 0.25) is 0 Å². The Kier molecular flexibility index (Phi) is 8.47. The number of esters is 2. The molecule has 0 heterocycles. The molecule has 40 heavy (non-hydrogen) atoms. The Bertz CT molecular complexity index is 1020. The molecule has 0 spiro atoms. The monoisotopic (exact) mass is 558 g/mol. The van der Waals surface area contributed by atoms with Gasteiger partial charge in [0.15, 0.2) is 0 Å². The molecule has 0 saturated heterocycles. The normalized spacial score (nSPS) is 38.5. The van der Waals surface area contributed by atoms with E-state index in [0.717, 1.165) is 32.1 Å². The van der Waals surface area contributed by atoms with E-state index in [4.69, 9.17) is 14.2 Å². The third-order valence-electron chi connectivity index (χ3n) is 13.2. The van der Waals surface area contributed by atoms with Gasteiger partial charge in [-0.05, 0) is 112 Å². The second-order valence-corrected chi connectivity index (χ2v) is 15.8. The van der Waals surface area contributed by atoms with E-state index in [-0.39, 0.29) is 51.4 Å². The average molecular weight is 559 g/mol. The minimum absolute atomic E-state index is 0.00711. The Balaban J connectivity index is 1.63. The molecule has 2 fully saturated rings. The molecule has 0 aromatic rings. The molecular formula is C35H58O5. The molecule has 1 unspecified atom stereocenters. The molecule has 5 nitrogen and oxygen atoms in total. The molecule has 0 aromatic carbocycles. The topological polar surface area (TPSA) is 61.8 Å². The molecule has 4 aliphatic carbocycles. The maximum Gasteiger partial charge on any atom is 0.302 e. The minimum atomic E-state index is -0.229. The van der Waals surface area contributed by atoms with Crippen molar-refractivity contribution in [1.29, 1.82) is 0 Å². The van der Waals surface area contributed by atoms with Crippen LogP contribution in [0.3, 0.4) is 0 Å². The largest absolute Gasteiger partial charge is 0.462 e. The highest BCUT2D eigenvalue weighted by atomic mass is 16.5.